The fourth-order valence-electron chi connectivity index (χ4n) is 4.12. The average molecular weight is 414 g/mol. The molecule has 1 aromatic carbocycles. The molecular weight excluding hydrogens is 378 g/mol. The maximum absolute atomic E-state index is 13.3. The molecule has 1 aromatic rings. The van der Waals surface area contributed by atoms with Gasteiger partial charge in [-0.05, 0) is 63.0 Å². The molecule has 0 unspecified atom stereocenters. The van der Waals surface area contributed by atoms with Gasteiger partial charge in [-0.2, -0.15) is 0 Å². The van der Waals surface area contributed by atoms with Crippen LogP contribution in [0.4, 0.5) is 0 Å². The Morgan fingerprint density at radius 1 is 1.10 bits per heavy atom. The van der Waals surface area contributed by atoms with E-state index in [-0.39, 0.29) is 17.9 Å². The number of hydrogen-bond donors (Lipinski definition) is 0. The smallest absolute Gasteiger partial charge is 0.277 e. The first-order valence-electron chi connectivity index (χ1n) is 11.1. The number of nitrogens with zero attached hydrogens (tertiary/aromatic N) is 3. The zero-order valence-electron chi connectivity index (χ0n) is 19.0. The molecule has 164 valence electrons. The molecule has 2 amide bonds. The van der Waals surface area contributed by atoms with Crippen molar-refractivity contribution < 1.29 is 14.3 Å². The number of benzene rings is 1. The summed E-state index contributed by atoms with van der Waals surface area (Å²) in [6.07, 6.45) is 2.72. The summed E-state index contributed by atoms with van der Waals surface area (Å²) in [5.74, 6) is 0.866. The summed E-state index contributed by atoms with van der Waals surface area (Å²) >= 11 is 0. The van der Waals surface area contributed by atoms with Crippen LogP contribution >= 0.6 is 0 Å². The molecule has 0 N–H and O–H groups in total. The van der Waals surface area contributed by atoms with E-state index in [2.05, 4.69) is 30.7 Å². The Morgan fingerprint density at radius 3 is 2.30 bits per heavy atom. The van der Waals surface area contributed by atoms with Crippen molar-refractivity contribution in [3.63, 3.8) is 0 Å². The summed E-state index contributed by atoms with van der Waals surface area (Å²) in [5.41, 5.74) is 1.84. The van der Waals surface area contributed by atoms with Crippen LogP contribution in [0.2, 0.25) is 0 Å². The van der Waals surface area contributed by atoms with E-state index in [1.165, 1.54) is 4.90 Å². The van der Waals surface area contributed by atoms with Gasteiger partial charge >= 0.3 is 0 Å². The number of ether oxygens (including phenoxy) is 1. The maximum atomic E-state index is 13.3. The highest BCUT2D eigenvalue weighted by atomic mass is 16.5. The SMILES string of the molecule is CCCN1C(=O)C(c2ccc(OCC(C)C)cc2)=C(N(C)C2CCN(C)CC2)C1=O. The molecule has 3 rings (SSSR count). The number of hydrogen-bond acceptors (Lipinski definition) is 5. The predicted molar refractivity (Wildman–Crippen MR) is 119 cm³/mol. The number of rotatable bonds is 8. The van der Waals surface area contributed by atoms with Gasteiger partial charge in [0, 0.05) is 19.6 Å². The second kappa shape index (κ2) is 9.65. The number of likely N-dealkylation sites (N-methyl/N-ethyl adjacent to an activating group) is 1. The number of amides is 2. The highest BCUT2D eigenvalue weighted by molar-refractivity contribution is 6.35. The third kappa shape index (κ3) is 4.69. The van der Waals surface area contributed by atoms with Crippen LogP contribution < -0.4 is 4.74 Å². The second-order valence-corrected chi connectivity index (χ2v) is 8.86. The summed E-state index contributed by atoms with van der Waals surface area (Å²) in [7, 11) is 4.09. The van der Waals surface area contributed by atoms with Gasteiger partial charge in [-0.1, -0.05) is 32.9 Å². The molecule has 0 bridgehead atoms. The van der Waals surface area contributed by atoms with Crippen molar-refractivity contribution in [2.45, 2.75) is 46.1 Å². The molecule has 0 radical (unpaired) electrons. The molecule has 2 aliphatic heterocycles. The Balaban J connectivity index is 1.93. The van der Waals surface area contributed by atoms with Crippen LogP contribution in [0.3, 0.4) is 0 Å². The number of piperidine rings is 1. The maximum Gasteiger partial charge on any atom is 0.277 e. The number of carbonyl (C=O) groups is 2. The minimum Gasteiger partial charge on any atom is -0.493 e. The zero-order chi connectivity index (χ0) is 21.8. The van der Waals surface area contributed by atoms with Crippen LogP contribution in [0, 0.1) is 5.92 Å². The summed E-state index contributed by atoms with van der Waals surface area (Å²) < 4.78 is 5.78. The first-order chi connectivity index (χ1) is 14.3. The summed E-state index contributed by atoms with van der Waals surface area (Å²) in [5, 5.41) is 0. The van der Waals surface area contributed by atoms with Crippen molar-refractivity contribution in [2.24, 2.45) is 5.92 Å². The molecule has 0 saturated carbocycles. The lowest BCUT2D eigenvalue weighted by atomic mass is 10.00. The first kappa shape index (κ1) is 22.3. The van der Waals surface area contributed by atoms with Crippen LogP contribution in [0.1, 0.15) is 45.6 Å². The fourth-order valence-corrected chi connectivity index (χ4v) is 4.12. The number of carbonyl (C=O) groups excluding carboxylic acids is 2. The Bertz CT molecular complexity index is 792. The predicted octanol–water partition coefficient (Wildman–Crippen LogP) is 3.24. The van der Waals surface area contributed by atoms with Gasteiger partial charge < -0.3 is 14.5 Å². The Morgan fingerprint density at radius 2 is 1.73 bits per heavy atom. The van der Waals surface area contributed by atoms with Gasteiger partial charge in [0.05, 0.1) is 12.2 Å². The lowest BCUT2D eigenvalue weighted by molar-refractivity contribution is -0.137. The van der Waals surface area contributed by atoms with E-state index in [1.54, 1.807) is 0 Å². The molecule has 2 aliphatic rings. The molecule has 1 saturated heterocycles. The molecule has 0 atom stereocenters. The van der Waals surface area contributed by atoms with Gasteiger partial charge in [-0.25, -0.2) is 0 Å². The van der Waals surface area contributed by atoms with E-state index in [9.17, 15) is 9.59 Å². The fraction of sp³-hybridized carbons (Fsp3) is 0.583. The normalized spacial score (nSPS) is 18.7. The highest BCUT2D eigenvalue weighted by Crippen LogP contribution is 2.34. The van der Waals surface area contributed by atoms with Gasteiger partial charge in [0.1, 0.15) is 11.4 Å². The number of likely N-dealkylation sites (tertiary alicyclic amines) is 1. The molecule has 6 nitrogen and oxygen atoms in total. The Labute approximate surface area is 180 Å². The molecule has 1 fully saturated rings. The van der Waals surface area contributed by atoms with Crippen molar-refractivity contribution >= 4 is 17.4 Å². The van der Waals surface area contributed by atoms with E-state index >= 15 is 0 Å². The topological polar surface area (TPSA) is 53.1 Å². The molecule has 6 heteroatoms. The Kier molecular flexibility index (Phi) is 7.19. The van der Waals surface area contributed by atoms with Crippen LogP contribution in [-0.4, -0.2) is 72.9 Å². The van der Waals surface area contributed by atoms with Crippen molar-refractivity contribution in [1.29, 1.82) is 0 Å². The summed E-state index contributed by atoms with van der Waals surface area (Å²) in [6.45, 7) is 9.29. The van der Waals surface area contributed by atoms with Gasteiger partial charge in [-0.15, -0.1) is 0 Å². The first-order valence-corrected chi connectivity index (χ1v) is 11.1. The molecule has 30 heavy (non-hydrogen) atoms. The van der Waals surface area contributed by atoms with Crippen LogP contribution in [0.15, 0.2) is 30.0 Å². The van der Waals surface area contributed by atoms with Crippen LogP contribution in [0.5, 0.6) is 5.75 Å². The number of imide groups is 1. The van der Waals surface area contributed by atoms with E-state index < -0.39 is 0 Å². The Hall–Kier alpha value is -2.34. The lowest BCUT2D eigenvalue weighted by Gasteiger charge is -2.36. The largest absolute Gasteiger partial charge is 0.493 e. The van der Waals surface area contributed by atoms with Crippen molar-refractivity contribution in [3.05, 3.63) is 35.5 Å². The standard InChI is InChI=1S/C24H35N3O3/c1-6-13-27-23(28)21(18-7-9-20(10-8-18)30-16-17(2)3)22(24(27)29)26(5)19-11-14-25(4)15-12-19/h7-10,17,19H,6,11-16H2,1-5H3. The minimum atomic E-state index is -0.188. The van der Waals surface area contributed by atoms with Gasteiger partial charge in [0.2, 0.25) is 0 Å². The van der Waals surface area contributed by atoms with E-state index in [1.807, 2.05) is 38.2 Å². The molecule has 2 heterocycles. The summed E-state index contributed by atoms with van der Waals surface area (Å²) in [4.78, 5) is 32.3. The van der Waals surface area contributed by atoms with E-state index in [0.717, 1.165) is 43.7 Å². The van der Waals surface area contributed by atoms with Gasteiger partial charge in [0.25, 0.3) is 11.8 Å². The van der Waals surface area contributed by atoms with Crippen molar-refractivity contribution in [3.8, 4) is 5.75 Å². The lowest BCUT2D eigenvalue weighted by Crippen LogP contribution is -2.43. The van der Waals surface area contributed by atoms with Crippen molar-refractivity contribution in [1.82, 2.24) is 14.7 Å². The molecule has 0 spiro atoms. The van der Waals surface area contributed by atoms with E-state index in [4.69, 9.17) is 4.74 Å². The molecular formula is C24H35N3O3. The minimum absolute atomic E-state index is 0.168. The summed E-state index contributed by atoms with van der Waals surface area (Å²) in [6, 6.07) is 7.83. The highest BCUT2D eigenvalue weighted by Gasteiger charge is 2.41. The average Bonchev–Trinajstić information content (AvgIpc) is 2.97. The third-order valence-corrected chi connectivity index (χ3v) is 5.91. The zero-order valence-corrected chi connectivity index (χ0v) is 19.0. The molecule has 0 aromatic heterocycles. The second-order valence-electron chi connectivity index (χ2n) is 8.86. The van der Waals surface area contributed by atoms with Gasteiger partial charge in [0.15, 0.2) is 0 Å². The van der Waals surface area contributed by atoms with Crippen molar-refractivity contribution in [2.75, 3.05) is 40.3 Å². The monoisotopic (exact) mass is 413 g/mol. The van der Waals surface area contributed by atoms with Crippen LogP contribution in [0.25, 0.3) is 5.57 Å². The third-order valence-electron chi connectivity index (χ3n) is 5.91. The van der Waals surface area contributed by atoms with Crippen LogP contribution in [-0.2, 0) is 9.59 Å². The van der Waals surface area contributed by atoms with E-state index in [0.29, 0.717) is 30.3 Å². The van der Waals surface area contributed by atoms with Gasteiger partial charge in [-0.3, -0.25) is 14.5 Å². The quantitative estimate of drug-likeness (QED) is 0.613. The molecule has 0 aliphatic carbocycles.